The van der Waals surface area contributed by atoms with Gasteiger partial charge in [-0.15, -0.1) is 0 Å². The zero-order chi connectivity index (χ0) is 22.8. The second-order valence-electron chi connectivity index (χ2n) is 7.66. The van der Waals surface area contributed by atoms with Gasteiger partial charge in [-0.1, -0.05) is 35.0 Å². The van der Waals surface area contributed by atoms with E-state index < -0.39 is 15.9 Å². The molecule has 6 nitrogen and oxygen atoms in total. The lowest BCUT2D eigenvalue weighted by atomic mass is 9.83. The summed E-state index contributed by atoms with van der Waals surface area (Å²) < 4.78 is 25.1. The normalized spacial score (nSPS) is 13.5. The summed E-state index contributed by atoms with van der Waals surface area (Å²) in [5.41, 5.74) is 3.25. The van der Waals surface area contributed by atoms with E-state index in [9.17, 15) is 18.1 Å². The van der Waals surface area contributed by atoms with Gasteiger partial charge in [0.15, 0.2) is 9.84 Å². The summed E-state index contributed by atoms with van der Waals surface area (Å²) >= 11 is 6.13. The van der Waals surface area contributed by atoms with Gasteiger partial charge in [0.1, 0.15) is 6.04 Å². The monoisotopic (exact) mass is 458 g/mol. The number of pyridine rings is 1. The van der Waals surface area contributed by atoms with Gasteiger partial charge in [-0.05, 0) is 65.9 Å². The molecule has 0 saturated heterocycles. The molecule has 0 aliphatic heterocycles. The Morgan fingerprint density at radius 2 is 1.68 bits per heavy atom. The molecule has 0 aliphatic rings. The first-order valence-electron chi connectivity index (χ1n) is 9.65. The van der Waals surface area contributed by atoms with Gasteiger partial charge < -0.3 is 4.57 Å². The highest BCUT2D eigenvalue weighted by Gasteiger charge is 2.24. The largest absolute Gasteiger partial charge is 0.318 e. The number of nitroso groups, excluding NO2 is 1. The molecule has 0 amide bonds. The molecule has 1 aromatic heterocycles. The molecule has 2 unspecified atom stereocenters. The Morgan fingerprint density at radius 3 is 2.23 bits per heavy atom. The van der Waals surface area contributed by atoms with E-state index in [0.29, 0.717) is 17.0 Å². The molecule has 3 aromatic rings. The maximum atomic E-state index is 11.8. The van der Waals surface area contributed by atoms with Gasteiger partial charge in [-0.25, -0.2) is 8.42 Å². The number of nitrogens with zero attached hydrogens (tertiary/aromatic N) is 2. The third-order valence-corrected chi connectivity index (χ3v) is 6.76. The predicted octanol–water partition coefficient (Wildman–Crippen LogP) is 4.78. The van der Waals surface area contributed by atoms with Gasteiger partial charge in [-0.2, -0.15) is 4.91 Å². The van der Waals surface area contributed by atoms with Crippen molar-refractivity contribution in [2.24, 2.45) is 12.2 Å². The van der Waals surface area contributed by atoms with Crippen LogP contribution < -0.4 is 5.56 Å². The van der Waals surface area contributed by atoms with Gasteiger partial charge in [0.05, 0.1) is 4.90 Å². The number of aromatic nitrogens is 1. The molecule has 162 valence electrons. The summed E-state index contributed by atoms with van der Waals surface area (Å²) in [5, 5.41) is 3.94. The van der Waals surface area contributed by atoms with E-state index in [4.69, 9.17) is 11.6 Å². The van der Waals surface area contributed by atoms with Crippen LogP contribution in [0.4, 0.5) is 0 Å². The standard InChI is InChI=1S/C23H23ClN2O4S/c1-15-12-18(24)7-10-20(15)21(16-4-8-19(9-5-16)31(3,29)30)13-22(25-28)17-6-11-23(27)26(2)14-17/h4-12,14,21-22H,13H2,1-3H3. The molecule has 0 saturated carbocycles. The number of halogens is 1. The van der Waals surface area contributed by atoms with E-state index in [1.165, 1.54) is 10.6 Å². The molecule has 0 N–H and O–H groups in total. The van der Waals surface area contributed by atoms with E-state index in [2.05, 4.69) is 5.18 Å². The first-order valence-corrected chi connectivity index (χ1v) is 11.9. The number of hydrogen-bond donors (Lipinski definition) is 0. The average Bonchev–Trinajstić information content (AvgIpc) is 2.71. The quantitative estimate of drug-likeness (QED) is 0.477. The van der Waals surface area contributed by atoms with Gasteiger partial charge >= 0.3 is 0 Å². The van der Waals surface area contributed by atoms with Crippen molar-refractivity contribution in [2.45, 2.75) is 30.2 Å². The van der Waals surface area contributed by atoms with Crippen molar-refractivity contribution >= 4 is 21.4 Å². The average molecular weight is 459 g/mol. The molecule has 0 fully saturated rings. The minimum Gasteiger partial charge on any atom is -0.318 e. The number of sulfone groups is 1. The third kappa shape index (κ3) is 5.29. The van der Waals surface area contributed by atoms with Crippen LogP contribution in [0.25, 0.3) is 0 Å². The third-order valence-electron chi connectivity index (χ3n) is 5.40. The van der Waals surface area contributed by atoms with E-state index in [-0.39, 0.29) is 16.4 Å². The Labute approximate surface area is 186 Å². The molecule has 0 spiro atoms. The van der Waals surface area contributed by atoms with Gasteiger partial charge in [0, 0.05) is 36.5 Å². The highest BCUT2D eigenvalue weighted by atomic mass is 35.5. The Bertz CT molecular complexity index is 1270. The van der Waals surface area contributed by atoms with Crippen LogP contribution in [0, 0.1) is 11.8 Å². The Hall–Kier alpha value is -2.77. The van der Waals surface area contributed by atoms with Gasteiger partial charge in [0.2, 0.25) is 5.56 Å². The van der Waals surface area contributed by atoms with Crippen molar-refractivity contribution < 1.29 is 8.42 Å². The molecule has 0 bridgehead atoms. The fraction of sp³-hybridized carbons (Fsp3) is 0.261. The van der Waals surface area contributed by atoms with E-state index in [0.717, 1.165) is 22.9 Å². The second kappa shape index (κ2) is 9.16. The zero-order valence-electron chi connectivity index (χ0n) is 17.4. The van der Waals surface area contributed by atoms with E-state index in [1.807, 2.05) is 19.1 Å². The van der Waals surface area contributed by atoms with Crippen LogP contribution in [0.5, 0.6) is 0 Å². The summed E-state index contributed by atoms with van der Waals surface area (Å²) in [6.45, 7) is 1.94. The molecular formula is C23H23ClN2O4S. The molecule has 3 rings (SSSR count). The van der Waals surface area contributed by atoms with Crippen LogP contribution in [0.2, 0.25) is 5.02 Å². The maximum absolute atomic E-state index is 11.8. The Kier molecular flexibility index (Phi) is 6.77. The SMILES string of the molecule is Cc1cc(Cl)ccc1C(CC(N=O)c1ccc(=O)n(C)c1)c1ccc(S(C)(=O)=O)cc1. The molecule has 31 heavy (non-hydrogen) atoms. The van der Waals surface area contributed by atoms with Crippen molar-refractivity contribution in [3.8, 4) is 0 Å². The summed E-state index contributed by atoms with van der Waals surface area (Å²) in [4.78, 5) is 23.7. The number of benzene rings is 2. The van der Waals surface area contributed by atoms with Crippen molar-refractivity contribution in [2.75, 3.05) is 6.26 Å². The van der Waals surface area contributed by atoms with Crippen LogP contribution in [0.3, 0.4) is 0 Å². The predicted molar refractivity (Wildman–Crippen MR) is 122 cm³/mol. The van der Waals surface area contributed by atoms with E-state index in [1.54, 1.807) is 49.6 Å². The van der Waals surface area contributed by atoms with Crippen molar-refractivity contribution in [1.29, 1.82) is 0 Å². The Balaban J connectivity index is 2.07. The van der Waals surface area contributed by atoms with Crippen molar-refractivity contribution in [3.63, 3.8) is 0 Å². The molecule has 2 aromatic carbocycles. The summed E-state index contributed by atoms with van der Waals surface area (Å²) in [6, 6.07) is 14.6. The number of hydrogen-bond acceptors (Lipinski definition) is 5. The van der Waals surface area contributed by atoms with Crippen molar-refractivity contribution in [1.82, 2.24) is 4.57 Å². The molecule has 8 heteroatoms. The van der Waals surface area contributed by atoms with Crippen LogP contribution in [0.15, 0.2) is 75.7 Å². The summed E-state index contributed by atoms with van der Waals surface area (Å²) in [6.07, 6.45) is 3.13. The van der Waals surface area contributed by atoms with Gasteiger partial charge in [-0.3, -0.25) is 4.79 Å². The van der Waals surface area contributed by atoms with Crippen LogP contribution in [-0.4, -0.2) is 19.2 Å². The fourth-order valence-corrected chi connectivity index (χ4v) is 4.55. The molecule has 2 atom stereocenters. The lowest BCUT2D eigenvalue weighted by Gasteiger charge is -2.23. The molecular weight excluding hydrogens is 436 g/mol. The lowest BCUT2D eigenvalue weighted by molar-refractivity contribution is 0.586. The van der Waals surface area contributed by atoms with Crippen LogP contribution >= 0.6 is 11.6 Å². The van der Waals surface area contributed by atoms with E-state index >= 15 is 0 Å². The minimum absolute atomic E-state index is 0.171. The smallest absolute Gasteiger partial charge is 0.250 e. The molecule has 0 radical (unpaired) electrons. The highest BCUT2D eigenvalue weighted by molar-refractivity contribution is 7.90. The fourth-order valence-electron chi connectivity index (χ4n) is 3.70. The lowest BCUT2D eigenvalue weighted by Crippen LogP contribution is -2.16. The number of aryl methyl sites for hydroxylation is 2. The second-order valence-corrected chi connectivity index (χ2v) is 10.1. The zero-order valence-corrected chi connectivity index (χ0v) is 19.0. The summed E-state index contributed by atoms with van der Waals surface area (Å²) in [7, 11) is -1.70. The minimum atomic E-state index is -3.32. The Morgan fingerprint density at radius 1 is 1.03 bits per heavy atom. The van der Waals surface area contributed by atoms with Gasteiger partial charge in [0.25, 0.3) is 0 Å². The number of rotatable bonds is 7. The summed E-state index contributed by atoms with van der Waals surface area (Å²) in [5.74, 6) is -0.231. The van der Waals surface area contributed by atoms with Crippen LogP contribution in [-0.2, 0) is 16.9 Å². The first kappa shape index (κ1) is 22.9. The molecule has 0 aliphatic carbocycles. The molecule has 1 heterocycles. The van der Waals surface area contributed by atoms with Crippen molar-refractivity contribution in [3.05, 3.63) is 103 Å². The topological polar surface area (TPSA) is 85.6 Å². The highest BCUT2D eigenvalue weighted by Crippen LogP contribution is 2.37. The van der Waals surface area contributed by atoms with Crippen LogP contribution in [0.1, 0.15) is 40.6 Å². The maximum Gasteiger partial charge on any atom is 0.250 e. The first-order chi connectivity index (χ1) is 14.6.